The van der Waals surface area contributed by atoms with Crippen LogP contribution in [-0.2, 0) is 0 Å². The van der Waals surface area contributed by atoms with Crippen LogP contribution < -0.4 is 14.2 Å². The van der Waals surface area contributed by atoms with E-state index < -0.39 is 0 Å². The molecule has 0 aliphatic rings. The molecule has 49 heavy (non-hydrogen) atoms. The van der Waals surface area contributed by atoms with Crippen LogP contribution in [0.4, 0.5) is 0 Å². The van der Waals surface area contributed by atoms with Gasteiger partial charge in [0.1, 0.15) is 17.2 Å². The number of hydrogen-bond acceptors (Lipinski definition) is 8. The quantitative estimate of drug-likeness (QED) is 0.151. The van der Waals surface area contributed by atoms with Crippen molar-refractivity contribution in [2.75, 3.05) is 21.3 Å². The first-order chi connectivity index (χ1) is 23.3. The molecule has 0 amide bonds. The van der Waals surface area contributed by atoms with Gasteiger partial charge in [0.2, 0.25) is 0 Å². The van der Waals surface area contributed by atoms with E-state index in [9.17, 15) is 24.0 Å². The number of ketones is 5. The molecule has 5 aromatic carbocycles. The number of ether oxygens (including phenoxy) is 3. The molecule has 8 heteroatoms. The minimum absolute atomic E-state index is 0.0156. The fourth-order valence-electron chi connectivity index (χ4n) is 4.18. The molecule has 0 saturated carbocycles. The third-order valence-electron chi connectivity index (χ3n) is 7.12. The highest BCUT2D eigenvalue weighted by Gasteiger charge is 2.04. The van der Waals surface area contributed by atoms with Gasteiger partial charge in [-0.3, -0.25) is 24.0 Å². The Morgan fingerprint density at radius 1 is 0.347 bits per heavy atom. The number of carbonyl (C=O) groups is 5. The maximum Gasteiger partial charge on any atom is 0.159 e. The van der Waals surface area contributed by atoms with Gasteiger partial charge in [-0.1, -0.05) is 42.5 Å². The van der Waals surface area contributed by atoms with Crippen molar-refractivity contribution in [3.63, 3.8) is 0 Å². The average Bonchev–Trinajstić information content (AvgIpc) is 3.12. The lowest BCUT2D eigenvalue weighted by Crippen LogP contribution is -1.96. The second kappa shape index (κ2) is 19.7. The van der Waals surface area contributed by atoms with E-state index in [4.69, 9.17) is 14.2 Å². The van der Waals surface area contributed by atoms with Gasteiger partial charge < -0.3 is 14.2 Å². The first-order valence-electron chi connectivity index (χ1n) is 15.3. The molecule has 0 aromatic heterocycles. The summed E-state index contributed by atoms with van der Waals surface area (Å²) >= 11 is 0. The normalized spacial score (nSPS) is 9.63. The van der Waals surface area contributed by atoms with Gasteiger partial charge in [0.25, 0.3) is 0 Å². The number of fused-ring (bicyclic) bond motifs is 1. The molecule has 0 heterocycles. The van der Waals surface area contributed by atoms with Crippen molar-refractivity contribution in [2.45, 2.75) is 34.6 Å². The summed E-state index contributed by atoms with van der Waals surface area (Å²) in [5, 5.41) is 1.97. The Labute approximate surface area is 287 Å². The van der Waals surface area contributed by atoms with Crippen molar-refractivity contribution in [2.24, 2.45) is 0 Å². The van der Waals surface area contributed by atoms with Gasteiger partial charge in [-0.25, -0.2) is 0 Å². The van der Waals surface area contributed by atoms with Gasteiger partial charge in [-0.2, -0.15) is 0 Å². The standard InChI is InChI=1S/C14H12O2.C10H10O2.C9H10O2.C8H10O2/c1-9(15)11-3-5-14-8-12(10(2)16)4-6-13(14)7-11;1-7(11)9-4-3-5-10(6-9)8(2)12;1-7(10)8-3-5-9(11-2)6-4-8;1-9-7-3-5-8(10-2)6-4-7/h3-8H,1-2H3;3-6H,1-2H3;3-6H,1-2H3;3-6H,1-2H3. The lowest BCUT2D eigenvalue weighted by molar-refractivity contribution is 0.100. The molecule has 0 aliphatic heterocycles. The number of hydrogen-bond donors (Lipinski definition) is 0. The molecule has 0 spiro atoms. The van der Waals surface area contributed by atoms with Gasteiger partial charge in [0.05, 0.1) is 21.3 Å². The maximum atomic E-state index is 11.2. The average molecular weight is 663 g/mol. The fourth-order valence-corrected chi connectivity index (χ4v) is 4.18. The van der Waals surface area contributed by atoms with E-state index in [1.54, 1.807) is 103 Å². The van der Waals surface area contributed by atoms with E-state index in [1.165, 1.54) is 13.8 Å². The molecular weight excluding hydrogens is 620 g/mol. The predicted octanol–water partition coefficient (Wildman–Crippen LogP) is 8.94. The highest BCUT2D eigenvalue weighted by atomic mass is 16.5. The molecule has 0 bridgehead atoms. The van der Waals surface area contributed by atoms with E-state index in [0.717, 1.165) is 28.0 Å². The smallest absolute Gasteiger partial charge is 0.159 e. The second-order valence-corrected chi connectivity index (χ2v) is 10.7. The van der Waals surface area contributed by atoms with Crippen LogP contribution in [-0.4, -0.2) is 50.2 Å². The largest absolute Gasteiger partial charge is 0.497 e. The second-order valence-electron chi connectivity index (χ2n) is 10.7. The summed E-state index contributed by atoms with van der Waals surface area (Å²) in [4.78, 5) is 55.0. The van der Waals surface area contributed by atoms with Crippen LogP contribution in [0, 0.1) is 0 Å². The van der Waals surface area contributed by atoms with Crippen LogP contribution in [0.25, 0.3) is 10.8 Å². The van der Waals surface area contributed by atoms with E-state index >= 15 is 0 Å². The molecule has 0 N–H and O–H groups in total. The lowest BCUT2D eigenvalue weighted by Gasteiger charge is -2.02. The molecule has 0 atom stereocenters. The summed E-state index contributed by atoms with van der Waals surface area (Å²) in [6.45, 7) is 7.61. The van der Waals surface area contributed by atoms with E-state index in [2.05, 4.69) is 0 Å². The van der Waals surface area contributed by atoms with Crippen molar-refractivity contribution < 1.29 is 38.2 Å². The zero-order chi connectivity index (χ0) is 36.5. The van der Waals surface area contributed by atoms with Crippen LogP contribution in [0.2, 0.25) is 0 Å². The van der Waals surface area contributed by atoms with Crippen molar-refractivity contribution in [1.29, 1.82) is 0 Å². The third-order valence-corrected chi connectivity index (χ3v) is 7.12. The number of carbonyl (C=O) groups excluding carboxylic acids is 5. The van der Waals surface area contributed by atoms with Crippen LogP contribution in [0.1, 0.15) is 86.4 Å². The monoisotopic (exact) mass is 662 g/mol. The highest BCUT2D eigenvalue weighted by molar-refractivity contribution is 6.02. The molecule has 8 nitrogen and oxygen atoms in total. The van der Waals surface area contributed by atoms with Crippen LogP contribution >= 0.6 is 0 Å². The molecule has 254 valence electrons. The Morgan fingerprint density at radius 2 is 0.612 bits per heavy atom. The zero-order valence-corrected chi connectivity index (χ0v) is 29.2. The summed E-state index contributed by atoms with van der Waals surface area (Å²) in [5.41, 5.74) is 3.28. The Bertz CT molecular complexity index is 1780. The summed E-state index contributed by atoms with van der Waals surface area (Å²) in [6, 6.07) is 32.2. The van der Waals surface area contributed by atoms with Crippen LogP contribution in [0.5, 0.6) is 17.2 Å². The van der Waals surface area contributed by atoms with Gasteiger partial charge in [0, 0.05) is 27.8 Å². The molecule has 5 rings (SSSR count). The molecule has 5 aromatic rings. The van der Waals surface area contributed by atoms with Crippen molar-refractivity contribution in [1.82, 2.24) is 0 Å². The molecule has 0 aliphatic carbocycles. The predicted molar refractivity (Wildman–Crippen MR) is 193 cm³/mol. The first-order valence-corrected chi connectivity index (χ1v) is 15.3. The Kier molecular flexibility index (Phi) is 15.8. The van der Waals surface area contributed by atoms with E-state index in [-0.39, 0.29) is 28.9 Å². The Hall–Kier alpha value is -5.89. The van der Waals surface area contributed by atoms with Gasteiger partial charge in [-0.05, 0) is 112 Å². The summed E-state index contributed by atoms with van der Waals surface area (Å²) in [5.74, 6) is 2.62. The number of methoxy groups -OCH3 is 3. The number of Topliss-reactive ketones (excluding diaryl/α,β-unsaturated/α-hetero) is 5. The maximum absolute atomic E-state index is 11.2. The number of benzene rings is 5. The first kappa shape index (κ1) is 39.3. The summed E-state index contributed by atoms with van der Waals surface area (Å²) in [7, 11) is 4.88. The molecule has 0 radical (unpaired) electrons. The fraction of sp³-hybridized carbons (Fsp3) is 0.195. The number of rotatable bonds is 8. The SMILES string of the molecule is CC(=O)c1ccc2cc(C(C)=O)ccc2c1.CC(=O)c1cccc(C(C)=O)c1.COc1ccc(C(C)=O)cc1.COc1ccc(OC)cc1. The minimum atomic E-state index is -0.0156. The summed E-state index contributed by atoms with van der Waals surface area (Å²) < 4.78 is 14.9. The van der Waals surface area contributed by atoms with Gasteiger partial charge in [0.15, 0.2) is 28.9 Å². The van der Waals surface area contributed by atoms with Crippen molar-refractivity contribution in [3.05, 3.63) is 137 Å². The molecule has 0 saturated heterocycles. The zero-order valence-electron chi connectivity index (χ0n) is 29.2. The summed E-state index contributed by atoms with van der Waals surface area (Å²) in [6.07, 6.45) is 0. The third kappa shape index (κ3) is 13.0. The Morgan fingerprint density at radius 3 is 0.898 bits per heavy atom. The van der Waals surface area contributed by atoms with Crippen LogP contribution in [0.15, 0.2) is 109 Å². The van der Waals surface area contributed by atoms with Crippen LogP contribution in [0.3, 0.4) is 0 Å². The molecule has 0 unspecified atom stereocenters. The molecule has 0 fully saturated rings. The van der Waals surface area contributed by atoms with E-state index in [1.807, 2.05) is 48.5 Å². The minimum Gasteiger partial charge on any atom is -0.497 e. The van der Waals surface area contributed by atoms with Crippen molar-refractivity contribution in [3.8, 4) is 17.2 Å². The Balaban J connectivity index is 0.000000231. The van der Waals surface area contributed by atoms with Gasteiger partial charge >= 0.3 is 0 Å². The topological polar surface area (TPSA) is 113 Å². The highest BCUT2D eigenvalue weighted by Crippen LogP contribution is 2.19. The van der Waals surface area contributed by atoms with E-state index in [0.29, 0.717) is 27.8 Å². The van der Waals surface area contributed by atoms with Crippen molar-refractivity contribution >= 4 is 39.7 Å². The van der Waals surface area contributed by atoms with Gasteiger partial charge in [-0.15, -0.1) is 0 Å². The lowest BCUT2D eigenvalue weighted by atomic mass is 10.0. The molecular formula is C41H42O8.